The molecule has 0 atom stereocenters. The summed E-state index contributed by atoms with van der Waals surface area (Å²) in [6.45, 7) is 7.90. The second-order valence-electron chi connectivity index (χ2n) is 6.00. The van der Waals surface area contributed by atoms with Crippen molar-refractivity contribution >= 4 is 0 Å². The molecule has 0 spiro atoms. The number of benzene rings is 1. The van der Waals surface area contributed by atoms with Gasteiger partial charge in [-0.2, -0.15) is 0 Å². The summed E-state index contributed by atoms with van der Waals surface area (Å²) in [4.78, 5) is 0. The number of hydrogen-bond acceptors (Lipinski definition) is 2. The summed E-state index contributed by atoms with van der Waals surface area (Å²) in [7, 11) is 0. The zero-order chi connectivity index (χ0) is 14.4. The molecule has 1 heterocycles. The van der Waals surface area contributed by atoms with E-state index in [0.29, 0.717) is 5.92 Å². The summed E-state index contributed by atoms with van der Waals surface area (Å²) >= 11 is 0. The first-order valence-corrected chi connectivity index (χ1v) is 8.03. The molecule has 0 aromatic heterocycles. The molecular weight excluding hydrogens is 248 g/mol. The molecule has 0 bridgehead atoms. The quantitative estimate of drug-likeness (QED) is 0.703. The van der Waals surface area contributed by atoms with Crippen molar-refractivity contribution in [3.63, 3.8) is 0 Å². The van der Waals surface area contributed by atoms with E-state index < -0.39 is 0 Å². The molecule has 1 saturated heterocycles. The van der Waals surface area contributed by atoms with Gasteiger partial charge in [0.05, 0.1) is 13.2 Å². The van der Waals surface area contributed by atoms with Gasteiger partial charge in [-0.1, -0.05) is 51.0 Å². The first kappa shape index (κ1) is 15.5. The fourth-order valence-corrected chi connectivity index (χ4v) is 2.58. The third-order valence-electron chi connectivity index (χ3n) is 4.34. The molecule has 112 valence electrons. The van der Waals surface area contributed by atoms with Gasteiger partial charge >= 0.3 is 0 Å². The summed E-state index contributed by atoms with van der Waals surface area (Å²) in [5.41, 5.74) is 2.78. The molecule has 0 N–H and O–H groups in total. The molecule has 1 aliphatic heterocycles. The van der Waals surface area contributed by atoms with E-state index in [9.17, 15) is 0 Å². The predicted octanol–water partition coefficient (Wildman–Crippen LogP) is 4.68. The highest BCUT2D eigenvalue weighted by molar-refractivity contribution is 5.26. The van der Waals surface area contributed by atoms with Gasteiger partial charge in [-0.3, -0.25) is 0 Å². The average molecular weight is 276 g/mol. The summed E-state index contributed by atoms with van der Waals surface area (Å²) in [6.07, 6.45) is 5.99. The molecule has 1 fully saturated rings. The Kier molecular flexibility index (Phi) is 5.62. The van der Waals surface area contributed by atoms with Crippen LogP contribution in [0.2, 0.25) is 0 Å². The van der Waals surface area contributed by atoms with Gasteiger partial charge in [0.25, 0.3) is 0 Å². The van der Waals surface area contributed by atoms with E-state index >= 15 is 0 Å². The number of rotatable bonds is 6. The first-order valence-electron chi connectivity index (χ1n) is 8.03. The van der Waals surface area contributed by atoms with Crippen LogP contribution in [-0.4, -0.2) is 19.0 Å². The van der Waals surface area contributed by atoms with E-state index in [0.717, 1.165) is 19.6 Å². The Labute approximate surface area is 123 Å². The Morgan fingerprint density at radius 1 is 1.05 bits per heavy atom. The van der Waals surface area contributed by atoms with Crippen molar-refractivity contribution in [2.75, 3.05) is 13.2 Å². The van der Waals surface area contributed by atoms with E-state index in [-0.39, 0.29) is 5.79 Å². The summed E-state index contributed by atoms with van der Waals surface area (Å²) in [5.74, 6) is -0.00401. The van der Waals surface area contributed by atoms with Crippen LogP contribution in [-0.2, 0) is 15.9 Å². The van der Waals surface area contributed by atoms with Crippen molar-refractivity contribution in [3.8, 4) is 0 Å². The Bertz CT molecular complexity index is 388. The molecule has 1 aromatic carbocycles. The Morgan fingerprint density at radius 3 is 2.25 bits per heavy atom. The second kappa shape index (κ2) is 7.24. The molecule has 0 radical (unpaired) electrons. The van der Waals surface area contributed by atoms with Crippen molar-refractivity contribution in [2.24, 2.45) is 0 Å². The van der Waals surface area contributed by atoms with Crippen molar-refractivity contribution < 1.29 is 9.47 Å². The van der Waals surface area contributed by atoms with E-state index in [4.69, 9.17) is 9.47 Å². The molecule has 1 aliphatic rings. The van der Waals surface area contributed by atoms with E-state index in [1.165, 1.54) is 36.8 Å². The summed E-state index contributed by atoms with van der Waals surface area (Å²) in [5, 5.41) is 0. The van der Waals surface area contributed by atoms with E-state index in [1.54, 1.807) is 0 Å². The maximum atomic E-state index is 5.87. The van der Waals surface area contributed by atoms with Crippen LogP contribution < -0.4 is 0 Å². The molecule has 0 unspecified atom stereocenters. The Hall–Kier alpha value is -0.860. The topological polar surface area (TPSA) is 18.5 Å². The van der Waals surface area contributed by atoms with Crippen LogP contribution in [0.3, 0.4) is 0 Å². The van der Waals surface area contributed by atoms with E-state index in [2.05, 4.69) is 38.1 Å². The molecule has 20 heavy (non-hydrogen) atoms. The van der Waals surface area contributed by atoms with Gasteiger partial charge in [-0.15, -0.1) is 0 Å². The molecule has 2 nitrogen and oxygen atoms in total. The van der Waals surface area contributed by atoms with Crippen LogP contribution in [0.4, 0.5) is 0 Å². The smallest absolute Gasteiger partial charge is 0.165 e. The van der Waals surface area contributed by atoms with Crippen molar-refractivity contribution in [3.05, 3.63) is 35.4 Å². The first-order chi connectivity index (χ1) is 9.67. The van der Waals surface area contributed by atoms with Gasteiger partial charge < -0.3 is 9.47 Å². The lowest BCUT2D eigenvalue weighted by Gasteiger charge is -2.37. The third-order valence-corrected chi connectivity index (χ3v) is 4.34. The number of ether oxygens (including phenoxy) is 2. The highest BCUT2D eigenvalue weighted by Gasteiger charge is 2.31. The van der Waals surface area contributed by atoms with Crippen molar-refractivity contribution in [1.29, 1.82) is 0 Å². The van der Waals surface area contributed by atoms with Crippen LogP contribution in [0.25, 0.3) is 0 Å². The number of unbranched alkanes of at least 4 members (excludes halogenated alkanes) is 2. The molecule has 1 aromatic rings. The van der Waals surface area contributed by atoms with Crippen molar-refractivity contribution in [1.82, 2.24) is 0 Å². The van der Waals surface area contributed by atoms with Gasteiger partial charge in [0.1, 0.15) is 0 Å². The van der Waals surface area contributed by atoms with Crippen LogP contribution >= 0.6 is 0 Å². The van der Waals surface area contributed by atoms with Crippen LogP contribution in [0.5, 0.6) is 0 Å². The second-order valence-corrected chi connectivity index (χ2v) is 6.00. The summed E-state index contributed by atoms with van der Waals surface area (Å²) in [6, 6.07) is 9.01. The van der Waals surface area contributed by atoms with Gasteiger partial charge in [-0.05, 0) is 37.3 Å². The molecule has 0 saturated carbocycles. The summed E-state index contributed by atoms with van der Waals surface area (Å²) < 4.78 is 11.7. The number of hydrogen-bond donors (Lipinski definition) is 0. The lowest BCUT2D eigenvalue weighted by atomic mass is 9.97. The zero-order valence-electron chi connectivity index (χ0n) is 13.2. The monoisotopic (exact) mass is 276 g/mol. The standard InChI is InChI=1S/C18H28O2/c1-4-6-7-8-15-9-11-16(12-10-15)17-13-19-18(3,5-2)20-14-17/h9-12,17H,4-8,13-14H2,1-3H3/t17-,18-. The fourth-order valence-electron chi connectivity index (χ4n) is 2.58. The van der Waals surface area contributed by atoms with Crippen LogP contribution in [0, 0.1) is 0 Å². The maximum absolute atomic E-state index is 5.87. The zero-order valence-corrected chi connectivity index (χ0v) is 13.2. The predicted molar refractivity (Wildman–Crippen MR) is 83.0 cm³/mol. The minimum absolute atomic E-state index is 0.374. The number of aryl methyl sites for hydroxylation is 1. The largest absolute Gasteiger partial charge is 0.350 e. The van der Waals surface area contributed by atoms with Crippen molar-refractivity contribution in [2.45, 2.75) is 64.6 Å². The minimum atomic E-state index is -0.378. The molecular formula is C18H28O2. The Balaban J connectivity index is 1.87. The highest BCUT2D eigenvalue weighted by atomic mass is 16.7. The minimum Gasteiger partial charge on any atom is -0.350 e. The van der Waals surface area contributed by atoms with Gasteiger partial charge in [0.2, 0.25) is 0 Å². The fraction of sp³-hybridized carbons (Fsp3) is 0.667. The average Bonchev–Trinajstić information content (AvgIpc) is 2.49. The molecule has 2 heteroatoms. The lowest BCUT2D eigenvalue weighted by molar-refractivity contribution is -0.263. The molecule has 0 amide bonds. The lowest BCUT2D eigenvalue weighted by Crippen LogP contribution is -2.40. The third kappa shape index (κ3) is 4.07. The molecule has 2 rings (SSSR count). The Morgan fingerprint density at radius 2 is 1.70 bits per heavy atom. The maximum Gasteiger partial charge on any atom is 0.165 e. The van der Waals surface area contributed by atoms with Crippen LogP contribution in [0.1, 0.15) is 63.5 Å². The molecule has 0 aliphatic carbocycles. The van der Waals surface area contributed by atoms with Gasteiger partial charge in [0, 0.05) is 5.92 Å². The van der Waals surface area contributed by atoms with E-state index in [1.807, 2.05) is 6.92 Å². The van der Waals surface area contributed by atoms with Gasteiger partial charge in [-0.25, -0.2) is 0 Å². The normalized spacial score (nSPS) is 26.6. The SMILES string of the molecule is CCCCCc1ccc([C@H]2CO[C@](C)(CC)OC2)cc1. The van der Waals surface area contributed by atoms with Gasteiger partial charge in [0.15, 0.2) is 5.79 Å². The highest BCUT2D eigenvalue weighted by Crippen LogP contribution is 2.29. The van der Waals surface area contributed by atoms with Crippen LogP contribution in [0.15, 0.2) is 24.3 Å².